The average Bonchev–Trinajstić information content (AvgIpc) is 3.28. The Morgan fingerprint density at radius 3 is 2.62 bits per heavy atom. The monoisotopic (exact) mass is 496 g/mol. The van der Waals surface area contributed by atoms with E-state index >= 15 is 0 Å². The van der Waals surface area contributed by atoms with E-state index < -0.39 is 46.6 Å². The predicted octanol–water partition coefficient (Wildman–Crippen LogP) is 3.43. The molecule has 0 saturated carbocycles. The van der Waals surface area contributed by atoms with Gasteiger partial charge in [-0.15, -0.1) is 0 Å². The number of carbonyl (C=O) groups is 1. The van der Waals surface area contributed by atoms with Gasteiger partial charge in [-0.25, -0.2) is 13.6 Å². The van der Waals surface area contributed by atoms with E-state index in [4.69, 9.17) is 4.74 Å². The lowest BCUT2D eigenvalue weighted by atomic mass is 9.88. The lowest BCUT2D eigenvalue weighted by molar-refractivity contribution is -0.103. The quantitative estimate of drug-likeness (QED) is 0.652. The second kappa shape index (κ2) is 9.10. The van der Waals surface area contributed by atoms with E-state index in [1.807, 2.05) is 11.6 Å². The van der Waals surface area contributed by atoms with Crippen molar-refractivity contribution in [1.29, 1.82) is 0 Å². The van der Waals surface area contributed by atoms with Gasteiger partial charge in [0.2, 0.25) is 0 Å². The zero-order valence-corrected chi connectivity index (χ0v) is 20.7. The van der Waals surface area contributed by atoms with Gasteiger partial charge in [-0.05, 0) is 45.4 Å². The van der Waals surface area contributed by atoms with Gasteiger partial charge in [-0.3, -0.25) is 14.4 Å². The molecule has 4 atom stereocenters. The molecule has 2 aliphatic heterocycles. The van der Waals surface area contributed by atoms with Crippen molar-refractivity contribution >= 4 is 17.3 Å². The maximum absolute atomic E-state index is 14.7. The number of benzene rings is 1. The smallest absolute Gasteiger partial charge is 0.408 e. The normalized spacial score (nSPS) is 24.2. The molecule has 34 heavy (non-hydrogen) atoms. The van der Waals surface area contributed by atoms with Crippen LogP contribution in [-0.2, 0) is 36.0 Å². The van der Waals surface area contributed by atoms with Gasteiger partial charge in [0, 0.05) is 48.5 Å². The van der Waals surface area contributed by atoms with Gasteiger partial charge in [0.25, 0.3) is 0 Å². The second-order valence-electron chi connectivity index (χ2n) is 9.91. The molecule has 3 heterocycles. The van der Waals surface area contributed by atoms with Crippen LogP contribution in [0.3, 0.4) is 0 Å². The Hall–Kier alpha value is -2.21. The van der Waals surface area contributed by atoms with Gasteiger partial charge >= 0.3 is 11.2 Å². The number of carboxylic acid groups (broad SMARTS) is 1. The van der Waals surface area contributed by atoms with Gasteiger partial charge < -0.3 is 14.4 Å². The van der Waals surface area contributed by atoms with Crippen LogP contribution >= 0.6 is 0 Å². The zero-order chi connectivity index (χ0) is 24.9. The van der Waals surface area contributed by atoms with Gasteiger partial charge in [-0.2, -0.15) is 4.98 Å². The first-order valence-corrected chi connectivity index (χ1v) is 12.6. The minimum atomic E-state index is -1.20. The third kappa shape index (κ3) is 4.53. The number of amides is 1. The number of hydrogen-bond donors (Lipinski definition) is 1. The summed E-state index contributed by atoms with van der Waals surface area (Å²) < 4.78 is 48.6. The lowest BCUT2D eigenvalue weighted by Crippen LogP contribution is -2.58. The summed E-state index contributed by atoms with van der Waals surface area (Å²) in [5, 5.41) is 10.6. The van der Waals surface area contributed by atoms with Crippen LogP contribution in [0.15, 0.2) is 23.4 Å². The molecule has 1 aromatic carbocycles. The van der Waals surface area contributed by atoms with Crippen molar-refractivity contribution in [2.75, 3.05) is 12.9 Å². The third-order valence-corrected chi connectivity index (χ3v) is 7.47. The standard InChI is InChI=1S/C23H30F2N4O4S/c1-23(2,3)29(22(30)31)18-9-14(12-33-20(18)15-8-13(24)6-7-16(15)25)28-10-17-19(11-28)27(4)21(26-17)34(5)32/h6-8,14,18,20H,9-12H2,1-5H3,(H,30,31)/t14-,18+,20-,34?/m1/s1. The fourth-order valence-electron chi connectivity index (χ4n) is 5.09. The first kappa shape index (κ1) is 24.9. The van der Waals surface area contributed by atoms with Crippen molar-refractivity contribution in [2.45, 2.75) is 69.2 Å². The topological polar surface area (TPSA) is 93.9 Å². The van der Waals surface area contributed by atoms with E-state index in [0.717, 1.165) is 29.6 Å². The average molecular weight is 497 g/mol. The van der Waals surface area contributed by atoms with E-state index in [-0.39, 0.29) is 18.2 Å². The summed E-state index contributed by atoms with van der Waals surface area (Å²) in [4.78, 5) is 20.3. The molecule has 11 heteroatoms. The van der Waals surface area contributed by atoms with Crippen LogP contribution in [0.5, 0.6) is 0 Å². The molecular formula is C23H30F2N4O4S. The molecular weight excluding hydrogens is 466 g/mol. The van der Waals surface area contributed by atoms with Gasteiger partial charge in [0.1, 0.15) is 24.0 Å². The summed E-state index contributed by atoms with van der Waals surface area (Å²) >= 11 is -1.20. The molecule has 8 nitrogen and oxygen atoms in total. The third-order valence-electron chi connectivity index (χ3n) is 6.59. The number of ether oxygens (including phenoxy) is 1. The summed E-state index contributed by atoms with van der Waals surface area (Å²) in [6, 6.07) is 2.26. The van der Waals surface area contributed by atoms with Crippen molar-refractivity contribution in [3.63, 3.8) is 0 Å². The maximum atomic E-state index is 14.7. The van der Waals surface area contributed by atoms with Crippen molar-refractivity contribution in [3.05, 3.63) is 46.8 Å². The molecule has 1 aromatic heterocycles. The molecule has 0 bridgehead atoms. The molecule has 0 radical (unpaired) electrons. The van der Waals surface area contributed by atoms with Crippen molar-refractivity contribution in [3.8, 4) is 0 Å². The van der Waals surface area contributed by atoms with Crippen molar-refractivity contribution in [2.24, 2.45) is 7.05 Å². The van der Waals surface area contributed by atoms with Crippen LogP contribution in [0, 0.1) is 11.6 Å². The first-order chi connectivity index (χ1) is 15.9. The Balaban J connectivity index is 1.64. The first-order valence-electron chi connectivity index (χ1n) is 11.1. The molecule has 1 N–H and O–H groups in total. The number of aromatic nitrogens is 2. The highest BCUT2D eigenvalue weighted by molar-refractivity contribution is 7.90. The molecule has 1 unspecified atom stereocenters. The highest BCUT2D eigenvalue weighted by atomic mass is 32.2. The molecule has 4 rings (SSSR count). The van der Waals surface area contributed by atoms with Crippen LogP contribution in [0.2, 0.25) is 0 Å². The summed E-state index contributed by atoms with van der Waals surface area (Å²) in [6.45, 7) is 6.61. The van der Waals surface area contributed by atoms with E-state index in [1.54, 1.807) is 27.0 Å². The fraction of sp³-hybridized carbons (Fsp3) is 0.565. The van der Waals surface area contributed by atoms with Crippen molar-refractivity contribution in [1.82, 2.24) is 19.4 Å². The molecule has 1 saturated heterocycles. The minimum Gasteiger partial charge on any atom is -0.609 e. The predicted molar refractivity (Wildman–Crippen MR) is 122 cm³/mol. The summed E-state index contributed by atoms with van der Waals surface area (Å²) in [7, 11) is 1.83. The van der Waals surface area contributed by atoms with E-state index in [2.05, 4.69) is 9.88 Å². The lowest BCUT2D eigenvalue weighted by Gasteiger charge is -2.48. The fourth-order valence-corrected chi connectivity index (χ4v) is 5.83. The number of imidazole rings is 1. The van der Waals surface area contributed by atoms with Crippen LogP contribution in [0.4, 0.5) is 13.6 Å². The van der Waals surface area contributed by atoms with Crippen LogP contribution in [0.1, 0.15) is 50.2 Å². The molecule has 0 spiro atoms. The molecule has 2 aliphatic rings. The molecule has 186 valence electrons. The number of rotatable bonds is 4. The summed E-state index contributed by atoms with van der Waals surface area (Å²) in [6.07, 6.45) is -0.123. The number of hydrogen-bond acceptors (Lipinski definition) is 5. The van der Waals surface area contributed by atoms with Crippen LogP contribution in [0.25, 0.3) is 0 Å². The number of nitrogens with zero attached hydrogens (tertiary/aromatic N) is 4. The Bertz CT molecular complexity index is 1090. The van der Waals surface area contributed by atoms with Crippen molar-refractivity contribution < 1.29 is 28.0 Å². The molecule has 1 amide bonds. The zero-order valence-electron chi connectivity index (χ0n) is 19.9. The van der Waals surface area contributed by atoms with E-state index in [9.17, 15) is 23.2 Å². The van der Waals surface area contributed by atoms with Crippen LogP contribution < -0.4 is 0 Å². The Morgan fingerprint density at radius 2 is 2.03 bits per heavy atom. The van der Waals surface area contributed by atoms with Gasteiger partial charge in [-0.1, -0.05) is 0 Å². The Labute approximate surface area is 200 Å². The number of fused-ring (bicyclic) bond motifs is 1. The Morgan fingerprint density at radius 1 is 1.32 bits per heavy atom. The van der Waals surface area contributed by atoms with Gasteiger partial charge in [0.05, 0.1) is 24.0 Å². The van der Waals surface area contributed by atoms with E-state index in [1.165, 1.54) is 4.90 Å². The Kier molecular flexibility index (Phi) is 6.67. The summed E-state index contributed by atoms with van der Waals surface area (Å²) in [5.74, 6) is -1.24. The maximum Gasteiger partial charge on any atom is 0.408 e. The SMILES string of the molecule is Cn1c([S+](C)[O-])nc2c1CN([C@H]1CO[C@H](c3cc(F)ccc3F)[C@@H](N(C(=O)O)C(C)(C)C)C1)C2. The second-order valence-corrected chi connectivity index (χ2v) is 11.2. The molecule has 1 fully saturated rings. The van der Waals surface area contributed by atoms with Crippen LogP contribution in [-0.4, -0.2) is 65.6 Å². The van der Waals surface area contributed by atoms with Gasteiger partial charge in [0.15, 0.2) is 0 Å². The molecule has 2 aromatic rings. The summed E-state index contributed by atoms with van der Waals surface area (Å²) in [5.41, 5.74) is 1.03. The largest absolute Gasteiger partial charge is 0.609 e. The number of halogens is 2. The highest BCUT2D eigenvalue weighted by Gasteiger charge is 2.46. The highest BCUT2D eigenvalue weighted by Crippen LogP contribution is 2.39. The minimum absolute atomic E-state index is 0.0143. The molecule has 0 aliphatic carbocycles. The van der Waals surface area contributed by atoms with E-state index in [0.29, 0.717) is 24.7 Å².